The van der Waals surface area contributed by atoms with Gasteiger partial charge in [0.05, 0.1) is 8.07 Å². The zero-order valence-corrected chi connectivity index (χ0v) is 13.4. The summed E-state index contributed by atoms with van der Waals surface area (Å²) in [6.45, 7) is 13.8. The molecule has 0 heterocycles. The van der Waals surface area contributed by atoms with Gasteiger partial charge in [0.1, 0.15) is 5.78 Å². The highest BCUT2D eigenvalue weighted by molar-refractivity contribution is 6.82. The van der Waals surface area contributed by atoms with E-state index >= 15 is 0 Å². The van der Waals surface area contributed by atoms with Crippen LogP contribution in [0.1, 0.15) is 46.5 Å². The Morgan fingerprint density at radius 1 is 1.47 bits per heavy atom. The number of rotatable bonds is 3. The van der Waals surface area contributed by atoms with Crippen LogP contribution in [0.25, 0.3) is 0 Å². The summed E-state index contributed by atoms with van der Waals surface area (Å²) in [5, 5.41) is 1.53. The Balaban J connectivity index is 2.82. The third-order valence-electron chi connectivity index (χ3n) is 4.78. The molecule has 98 valence electrons. The van der Waals surface area contributed by atoms with Crippen molar-refractivity contribution in [1.82, 2.24) is 0 Å². The Kier molecular flexibility index (Phi) is 4.40. The number of carbonyl (C=O) groups is 1. The molecule has 0 unspecified atom stereocenters. The minimum Gasteiger partial charge on any atom is -0.299 e. The Morgan fingerprint density at radius 3 is 2.53 bits per heavy atom. The number of Topliss-reactive ketones (excluding diaryl/α,β-unsaturated/α-hetero) is 1. The minimum absolute atomic E-state index is 0.0981. The van der Waals surface area contributed by atoms with Crippen LogP contribution in [0.4, 0.5) is 0 Å². The molecule has 0 aromatic rings. The van der Waals surface area contributed by atoms with E-state index in [4.69, 9.17) is 0 Å². The van der Waals surface area contributed by atoms with Crippen molar-refractivity contribution in [3.63, 3.8) is 0 Å². The van der Waals surface area contributed by atoms with E-state index in [1.54, 1.807) is 0 Å². The number of hydrogen-bond acceptors (Lipinski definition) is 1. The molecule has 0 radical (unpaired) electrons. The van der Waals surface area contributed by atoms with E-state index in [2.05, 4.69) is 46.5 Å². The molecule has 0 aliphatic heterocycles. The van der Waals surface area contributed by atoms with Gasteiger partial charge in [-0.2, -0.15) is 0 Å². The van der Waals surface area contributed by atoms with Crippen LogP contribution < -0.4 is 0 Å². The second-order valence-electron chi connectivity index (χ2n) is 6.98. The summed E-state index contributed by atoms with van der Waals surface area (Å²) in [5.74, 6) is 1.02. The van der Waals surface area contributed by atoms with Gasteiger partial charge >= 0.3 is 0 Å². The van der Waals surface area contributed by atoms with Crippen LogP contribution in [0.15, 0.2) is 11.3 Å². The molecule has 1 saturated carbocycles. The molecule has 1 aliphatic carbocycles. The lowest BCUT2D eigenvalue weighted by molar-refractivity contribution is -0.133. The summed E-state index contributed by atoms with van der Waals surface area (Å²) in [4.78, 5) is 12.2. The highest BCUT2D eigenvalue weighted by Crippen LogP contribution is 2.41. The fourth-order valence-electron chi connectivity index (χ4n) is 2.43. The maximum atomic E-state index is 12.2. The van der Waals surface area contributed by atoms with Gasteiger partial charge in [-0.3, -0.25) is 4.79 Å². The standard InChI is InChI=1S/C15H28OSi/c1-12-8-7-9-14(16)15(12,3)11-10-13(2)17(4,5)6/h10,12H,7-9,11H2,1-6H3/b13-10+/t12-,15+/m1/s1. The second kappa shape index (κ2) is 5.09. The summed E-state index contributed by atoms with van der Waals surface area (Å²) in [5.41, 5.74) is -0.0981. The Hall–Kier alpha value is -0.373. The fraction of sp³-hybridized carbons (Fsp3) is 0.800. The van der Waals surface area contributed by atoms with Gasteiger partial charge in [0, 0.05) is 11.8 Å². The first-order valence-corrected chi connectivity index (χ1v) is 10.4. The Bertz CT molecular complexity index is 324. The lowest BCUT2D eigenvalue weighted by atomic mass is 9.65. The molecular weight excluding hydrogens is 224 g/mol. The van der Waals surface area contributed by atoms with Gasteiger partial charge in [-0.15, -0.1) is 0 Å². The van der Waals surface area contributed by atoms with Gasteiger partial charge in [0.25, 0.3) is 0 Å². The van der Waals surface area contributed by atoms with Crippen molar-refractivity contribution < 1.29 is 4.79 Å². The van der Waals surface area contributed by atoms with Crippen molar-refractivity contribution in [3.8, 4) is 0 Å². The van der Waals surface area contributed by atoms with Gasteiger partial charge in [0.15, 0.2) is 0 Å². The maximum Gasteiger partial charge on any atom is 0.139 e. The van der Waals surface area contributed by atoms with Crippen molar-refractivity contribution in [2.24, 2.45) is 11.3 Å². The van der Waals surface area contributed by atoms with Crippen LogP contribution in [0, 0.1) is 11.3 Å². The zero-order chi connectivity index (χ0) is 13.3. The lowest BCUT2D eigenvalue weighted by Gasteiger charge is -2.38. The first-order valence-electron chi connectivity index (χ1n) is 6.88. The number of carbonyl (C=O) groups excluding carboxylic acids is 1. The molecule has 2 heteroatoms. The van der Waals surface area contributed by atoms with E-state index < -0.39 is 8.07 Å². The molecule has 1 aliphatic rings. The van der Waals surface area contributed by atoms with Crippen molar-refractivity contribution in [2.75, 3.05) is 0 Å². The zero-order valence-electron chi connectivity index (χ0n) is 12.4. The molecule has 0 aromatic carbocycles. The van der Waals surface area contributed by atoms with Gasteiger partial charge in [-0.1, -0.05) is 44.8 Å². The lowest BCUT2D eigenvalue weighted by Crippen LogP contribution is -2.38. The predicted octanol–water partition coefficient (Wildman–Crippen LogP) is 4.60. The topological polar surface area (TPSA) is 17.1 Å². The van der Waals surface area contributed by atoms with Crippen molar-refractivity contribution in [3.05, 3.63) is 11.3 Å². The van der Waals surface area contributed by atoms with E-state index in [0.29, 0.717) is 11.7 Å². The summed E-state index contributed by atoms with van der Waals surface area (Å²) in [6, 6.07) is 0. The monoisotopic (exact) mass is 252 g/mol. The van der Waals surface area contributed by atoms with E-state index in [-0.39, 0.29) is 5.41 Å². The highest BCUT2D eigenvalue weighted by Gasteiger charge is 2.39. The van der Waals surface area contributed by atoms with Crippen molar-refractivity contribution in [1.29, 1.82) is 0 Å². The molecule has 2 atom stereocenters. The second-order valence-corrected chi connectivity index (χ2v) is 12.3. The largest absolute Gasteiger partial charge is 0.299 e. The van der Waals surface area contributed by atoms with Crippen LogP contribution in [0.5, 0.6) is 0 Å². The molecule has 0 bridgehead atoms. The van der Waals surface area contributed by atoms with E-state index in [9.17, 15) is 4.79 Å². The van der Waals surface area contributed by atoms with E-state index in [1.165, 1.54) is 11.6 Å². The van der Waals surface area contributed by atoms with Gasteiger partial charge in [-0.25, -0.2) is 0 Å². The molecule has 0 spiro atoms. The summed E-state index contributed by atoms with van der Waals surface area (Å²) >= 11 is 0. The smallest absolute Gasteiger partial charge is 0.139 e. The van der Waals surface area contributed by atoms with Gasteiger partial charge in [-0.05, 0) is 32.1 Å². The van der Waals surface area contributed by atoms with Crippen LogP contribution in [-0.4, -0.2) is 13.9 Å². The van der Waals surface area contributed by atoms with Crippen LogP contribution in [0.3, 0.4) is 0 Å². The van der Waals surface area contributed by atoms with Gasteiger partial charge in [0.2, 0.25) is 0 Å². The Labute approximate surface area is 108 Å². The van der Waals surface area contributed by atoms with Crippen LogP contribution >= 0.6 is 0 Å². The average Bonchev–Trinajstić information content (AvgIpc) is 2.21. The molecule has 1 rings (SSSR count). The van der Waals surface area contributed by atoms with E-state index in [0.717, 1.165) is 19.3 Å². The van der Waals surface area contributed by atoms with E-state index in [1.807, 2.05) is 0 Å². The molecule has 17 heavy (non-hydrogen) atoms. The molecule has 1 fully saturated rings. The molecular formula is C15H28OSi. The highest BCUT2D eigenvalue weighted by atomic mass is 28.3. The third kappa shape index (κ3) is 3.31. The average molecular weight is 252 g/mol. The number of ketones is 1. The predicted molar refractivity (Wildman–Crippen MR) is 77.8 cm³/mol. The molecule has 0 N–H and O–H groups in total. The summed E-state index contributed by atoms with van der Waals surface area (Å²) in [6.07, 6.45) is 6.39. The first-order chi connectivity index (χ1) is 7.68. The van der Waals surface area contributed by atoms with Crippen molar-refractivity contribution >= 4 is 13.9 Å². The third-order valence-corrected chi connectivity index (χ3v) is 7.35. The summed E-state index contributed by atoms with van der Waals surface area (Å²) < 4.78 is 0. The maximum absolute atomic E-state index is 12.2. The molecule has 0 amide bonds. The van der Waals surface area contributed by atoms with Gasteiger partial charge < -0.3 is 0 Å². The molecule has 1 nitrogen and oxygen atoms in total. The normalized spacial score (nSPS) is 31.8. The quantitative estimate of drug-likeness (QED) is 0.671. The summed E-state index contributed by atoms with van der Waals surface area (Å²) in [7, 11) is -1.17. The van der Waals surface area contributed by atoms with Crippen molar-refractivity contribution in [2.45, 2.75) is 66.1 Å². The fourth-order valence-corrected chi connectivity index (χ4v) is 3.15. The SMILES string of the molecule is C/C(=C\C[C@]1(C)C(=O)CCC[C@H]1C)[Si](C)(C)C. The first kappa shape index (κ1) is 14.7. The number of allylic oxidation sites excluding steroid dienone is 2. The van der Waals surface area contributed by atoms with Crippen LogP contribution in [-0.2, 0) is 4.79 Å². The van der Waals surface area contributed by atoms with Crippen LogP contribution in [0.2, 0.25) is 19.6 Å². The Morgan fingerprint density at radius 2 is 2.06 bits per heavy atom. The number of hydrogen-bond donors (Lipinski definition) is 0. The molecule has 0 saturated heterocycles. The molecule has 0 aromatic heterocycles. The minimum atomic E-state index is -1.17.